The van der Waals surface area contributed by atoms with Gasteiger partial charge < -0.3 is 21.7 Å². The van der Waals surface area contributed by atoms with Crippen LogP contribution in [0.3, 0.4) is 0 Å². The smallest absolute Gasteiger partial charge is 0.271 e. The average molecular weight is 374 g/mol. The molecule has 138 valence electrons. The summed E-state index contributed by atoms with van der Waals surface area (Å²) in [5.41, 5.74) is 12.2. The predicted octanol–water partition coefficient (Wildman–Crippen LogP) is 0.984. The number of nitrogens with zero attached hydrogens (tertiary/aromatic N) is 3. The number of nitrogens with two attached hydrogens (primary N) is 2. The molecule has 1 aliphatic rings. The fourth-order valence-electron chi connectivity index (χ4n) is 2.88. The van der Waals surface area contributed by atoms with Crippen LogP contribution in [0.15, 0.2) is 35.4 Å². The van der Waals surface area contributed by atoms with Crippen LogP contribution in [0.1, 0.15) is 23.3 Å². The fourth-order valence-corrected chi connectivity index (χ4v) is 3.40. The molecule has 1 amide bonds. The van der Waals surface area contributed by atoms with Gasteiger partial charge in [-0.05, 0) is 37.1 Å². The Labute approximate surface area is 154 Å². The van der Waals surface area contributed by atoms with E-state index >= 15 is 0 Å². The largest absolute Gasteiger partial charge is 0.364 e. The maximum absolute atomic E-state index is 11.7. The molecule has 2 unspecified atom stereocenters. The molecule has 9 heteroatoms. The number of nitrogens with one attached hydrogen (secondary N) is 1. The molecular formula is C17H22N6O2S. The molecule has 26 heavy (non-hydrogen) atoms. The number of anilines is 3. The van der Waals surface area contributed by atoms with Crippen molar-refractivity contribution in [3.8, 4) is 0 Å². The molecule has 0 spiro atoms. The van der Waals surface area contributed by atoms with E-state index in [4.69, 9.17) is 11.5 Å². The first-order valence-electron chi connectivity index (χ1n) is 8.32. The number of amides is 1. The molecule has 0 radical (unpaired) electrons. The van der Waals surface area contributed by atoms with E-state index in [1.807, 2.05) is 0 Å². The third kappa shape index (κ3) is 4.17. The molecule has 3 rings (SSSR count). The Morgan fingerprint density at radius 2 is 2.08 bits per heavy atom. The van der Waals surface area contributed by atoms with Crippen LogP contribution in [-0.2, 0) is 10.8 Å². The number of rotatable bonds is 5. The molecule has 2 atom stereocenters. The molecule has 1 saturated heterocycles. The minimum absolute atomic E-state index is 0.0678. The zero-order chi connectivity index (χ0) is 18.7. The van der Waals surface area contributed by atoms with Crippen molar-refractivity contribution in [3.05, 3.63) is 36.2 Å². The van der Waals surface area contributed by atoms with Gasteiger partial charge in [0.25, 0.3) is 5.91 Å². The molecular weight excluding hydrogens is 352 g/mol. The lowest BCUT2D eigenvalue weighted by molar-refractivity contribution is 0.0996. The summed E-state index contributed by atoms with van der Waals surface area (Å²) in [7, 11) is -1.05. The van der Waals surface area contributed by atoms with Gasteiger partial charge in [0.05, 0.1) is 6.20 Å². The summed E-state index contributed by atoms with van der Waals surface area (Å²) in [5, 5.41) is 3.08. The Kier molecular flexibility index (Phi) is 5.48. The highest BCUT2D eigenvalue weighted by atomic mass is 32.2. The molecule has 1 fully saturated rings. The zero-order valence-electron chi connectivity index (χ0n) is 14.5. The maximum atomic E-state index is 11.7. The summed E-state index contributed by atoms with van der Waals surface area (Å²) in [6, 6.07) is 7.15. The normalized spacial score (nSPS) is 18.4. The van der Waals surface area contributed by atoms with Crippen molar-refractivity contribution in [2.75, 3.05) is 29.6 Å². The van der Waals surface area contributed by atoms with E-state index in [2.05, 4.69) is 20.2 Å². The average Bonchev–Trinajstić information content (AvgIpc) is 2.62. The van der Waals surface area contributed by atoms with E-state index in [0.717, 1.165) is 19.4 Å². The number of carbonyl (C=O) groups is 1. The minimum atomic E-state index is -1.05. The molecule has 1 aliphatic heterocycles. The molecule has 8 nitrogen and oxygen atoms in total. The number of hydrogen-bond donors (Lipinski definition) is 3. The van der Waals surface area contributed by atoms with Gasteiger partial charge in [0.15, 0.2) is 11.5 Å². The van der Waals surface area contributed by atoms with Crippen LogP contribution >= 0.6 is 0 Å². The van der Waals surface area contributed by atoms with Crippen molar-refractivity contribution in [2.24, 2.45) is 11.5 Å². The first-order chi connectivity index (χ1) is 12.4. The standard InChI is InChI=1S/C17H22N6O2S/c1-26(25)13-6-4-12(5-7-13)21-17-15(16(19)24)20-9-14(22-17)23-8-2-3-11(18)10-23/h4-7,9,11H,2-3,8,10,18H2,1H3,(H2,19,24)(H,21,22). The summed E-state index contributed by atoms with van der Waals surface area (Å²) in [6.07, 6.45) is 5.14. The van der Waals surface area contributed by atoms with Gasteiger partial charge in [-0.3, -0.25) is 9.00 Å². The van der Waals surface area contributed by atoms with Crippen LogP contribution in [0.4, 0.5) is 17.3 Å². The molecule has 5 N–H and O–H groups in total. The minimum Gasteiger partial charge on any atom is -0.364 e. The maximum Gasteiger partial charge on any atom is 0.271 e. The van der Waals surface area contributed by atoms with Crippen LogP contribution in [0.25, 0.3) is 0 Å². The third-order valence-electron chi connectivity index (χ3n) is 4.22. The third-order valence-corrected chi connectivity index (χ3v) is 5.16. The second-order valence-corrected chi connectivity index (χ2v) is 7.62. The van der Waals surface area contributed by atoms with Crippen LogP contribution in [-0.4, -0.2) is 45.5 Å². The van der Waals surface area contributed by atoms with E-state index in [-0.39, 0.29) is 11.7 Å². The van der Waals surface area contributed by atoms with Crippen LogP contribution in [0, 0.1) is 0 Å². The first kappa shape index (κ1) is 18.3. The molecule has 2 heterocycles. The van der Waals surface area contributed by atoms with E-state index in [1.54, 1.807) is 36.7 Å². The summed E-state index contributed by atoms with van der Waals surface area (Å²) in [4.78, 5) is 23.2. The number of piperidine rings is 1. The summed E-state index contributed by atoms with van der Waals surface area (Å²) >= 11 is 0. The highest BCUT2D eigenvalue weighted by Crippen LogP contribution is 2.23. The van der Waals surface area contributed by atoms with E-state index in [0.29, 0.717) is 28.8 Å². The van der Waals surface area contributed by atoms with Crippen molar-refractivity contribution in [1.82, 2.24) is 9.97 Å². The number of hydrogen-bond acceptors (Lipinski definition) is 7. The molecule has 2 aromatic rings. The predicted molar refractivity (Wildman–Crippen MR) is 102 cm³/mol. The molecule has 1 aromatic carbocycles. The highest BCUT2D eigenvalue weighted by Gasteiger charge is 2.21. The SMILES string of the molecule is CS(=O)c1ccc(Nc2nc(N3CCCC(N)C3)cnc2C(N)=O)cc1. The lowest BCUT2D eigenvalue weighted by atomic mass is 10.1. The Bertz CT molecular complexity index is 827. The highest BCUT2D eigenvalue weighted by molar-refractivity contribution is 7.84. The number of aromatic nitrogens is 2. The Morgan fingerprint density at radius 3 is 2.69 bits per heavy atom. The van der Waals surface area contributed by atoms with Gasteiger partial charge in [0.1, 0.15) is 5.82 Å². The van der Waals surface area contributed by atoms with Crippen molar-refractivity contribution in [3.63, 3.8) is 0 Å². The van der Waals surface area contributed by atoms with Crippen LogP contribution < -0.4 is 21.7 Å². The van der Waals surface area contributed by atoms with Gasteiger partial charge >= 0.3 is 0 Å². The number of benzene rings is 1. The Hall–Kier alpha value is -2.52. The summed E-state index contributed by atoms with van der Waals surface area (Å²) < 4.78 is 11.5. The zero-order valence-corrected chi connectivity index (χ0v) is 15.3. The Morgan fingerprint density at radius 1 is 1.35 bits per heavy atom. The number of carbonyl (C=O) groups excluding carboxylic acids is 1. The van der Waals surface area contributed by atoms with Gasteiger partial charge in [-0.15, -0.1) is 0 Å². The second-order valence-electron chi connectivity index (χ2n) is 6.24. The first-order valence-corrected chi connectivity index (χ1v) is 9.87. The lowest BCUT2D eigenvalue weighted by Gasteiger charge is -2.31. The molecule has 0 aliphatic carbocycles. The molecule has 0 bridgehead atoms. The van der Waals surface area contributed by atoms with Crippen molar-refractivity contribution in [1.29, 1.82) is 0 Å². The van der Waals surface area contributed by atoms with Gasteiger partial charge in [-0.1, -0.05) is 0 Å². The van der Waals surface area contributed by atoms with Gasteiger partial charge in [0, 0.05) is 46.8 Å². The molecule has 1 aromatic heterocycles. The topological polar surface area (TPSA) is 127 Å². The van der Waals surface area contributed by atoms with Crippen LogP contribution in [0.2, 0.25) is 0 Å². The van der Waals surface area contributed by atoms with Crippen LogP contribution in [0.5, 0.6) is 0 Å². The van der Waals surface area contributed by atoms with Gasteiger partial charge in [0.2, 0.25) is 0 Å². The van der Waals surface area contributed by atoms with Gasteiger partial charge in [-0.2, -0.15) is 0 Å². The number of primary amides is 1. The van der Waals surface area contributed by atoms with E-state index in [9.17, 15) is 9.00 Å². The van der Waals surface area contributed by atoms with Crippen molar-refractivity contribution < 1.29 is 9.00 Å². The van der Waals surface area contributed by atoms with E-state index in [1.165, 1.54) is 0 Å². The lowest BCUT2D eigenvalue weighted by Crippen LogP contribution is -2.43. The summed E-state index contributed by atoms with van der Waals surface area (Å²) in [5.74, 6) is 0.284. The molecule has 0 saturated carbocycles. The van der Waals surface area contributed by atoms with E-state index < -0.39 is 16.7 Å². The Balaban J connectivity index is 1.89. The second kappa shape index (κ2) is 7.79. The quantitative estimate of drug-likeness (QED) is 0.712. The summed E-state index contributed by atoms with van der Waals surface area (Å²) in [6.45, 7) is 1.54. The monoisotopic (exact) mass is 374 g/mol. The van der Waals surface area contributed by atoms with Gasteiger partial charge in [-0.25, -0.2) is 9.97 Å². The van der Waals surface area contributed by atoms with Crippen molar-refractivity contribution >= 4 is 34.0 Å². The fraction of sp³-hybridized carbons (Fsp3) is 0.353. The van der Waals surface area contributed by atoms with Crippen molar-refractivity contribution in [2.45, 2.75) is 23.8 Å².